The molecular weight excluding hydrogens is 336 g/mol. The van der Waals surface area contributed by atoms with E-state index < -0.39 is 0 Å². The highest BCUT2D eigenvalue weighted by Crippen LogP contribution is 2.23. The topological polar surface area (TPSA) is 105 Å². The van der Waals surface area contributed by atoms with Gasteiger partial charge in [-0.05, 0) is 6.92 Å². The highest BCUT2D eigenvalue weighted by Gasteiger charge is 2.22. The van der Waals surface area contributed by atoms with Gasteiger partial charge in [-0.1, -0.05) is 5.16 Å². The van der Waals surface area contributed by atoms with E-state index in [0.29, 0.717) is 12.4 Å². The minimum absolute atomic E-state index is 0.105. The average Bonchev–Trinajstić information content (AvgIpc) is 3.21. The number of nitrogens with zero attached hydrogens (tertiary/aromatic N) is 7. The predicted molar refractivity (Wildman–Crippen MR) is 94.8 cm³/mol. The van der Waals surface area contributed by atoms with E-state index in [1.807, 2.05) is 14.0 Å². The number of rotatable bonds is 4. The molecule has 10 nitrogen and oxygen atoms in total. The minimum Gasteiger partial charge on any atom is -0.353 e. The summed E-state index contributed by atoms with van der Waals surface area (Å²) in [6.07, 6.45) is 3.36. The molecule has 26 heavy (non-hydrogen) atoms. The Bertz CT molecular complexity index is 925. The van der Waals surface area contributed by atoms with Gasteiger partial charge < -0.3 is 9.42 Å². The standard InChI is InChI=1S/C16H20N8O2/c1-11-7-14(26-21-11)20-13(25)9-23-3-5-24(6-4-23)16-12-8-19-22(2)15(12)17-10-18-16/h7-8,10H,3-6,9H2,1-2H3,(H,20,25). The normalized spacial score (nSPS) is 15.5. The molecule has 0 bridgehead atoms. The van der Waals surface area contributed by atoms with Crippen molar-refractivity contribution in [1.82, 2.24) is 29.8 Å². The van der Waals surface area contributed by atoms with Crippen LogP contribution < -0.4 is 10.2 Å². The van der Waals surface area contributed by atoms with Crippen LogP contribution in [0.2, 0.25) is 0 Å². The number of anilines is 2. The third-order valence-electron chi connectivity index (χ3n) is 4.44. The number of amides is 1. The number of piperazine rings is 1. The molecule has 1 amide bonds. The molecule has 1 fully saturated rings. The second-order valence-corrected chi connectivity index (χ2v) is 6.35. The summed E-state index contributed by atoms with van der Waals surface area (Å²) < 4.78 is 6.75. The predicted octanol–water partition coefficient (Wildman–Crippen LogP) is 0.420. The molecule has 1 saturated heterocycles. The van der Waals surface area contributed by atoms with Crippen LogP contribution in [-0.2, 0) is 11.8 Å². The maximum absolute atomic E-state index is 12.1. The highest BCUT2D eigenvalue weighted by molar-refractivity contribution is 5.91. The summed E-state index contributed by atoms with van der Waals surface area (Å²) in [7, 11) is 1.87. The van der Waals surface area contributed by atoms with Crippen LogP contribution >= 0.6 is 0 Å². The van der Waals surface area contributed by atoms with Crippen molar-refractivity contribution in [3.05, 3.63) is 24.3 Å². The second-order valence-electron chi connectivity index (χ2n) is 6.35. The Morgan fingerprint density at radius 3 is 2.81 bits per heavy atom. The summed E-state index contributed by atoms with van der Waals surface area (Å²) >= 11 is 0. The molecule has 4 rings (SSSR count). The minimum atomic E-state index is -0.105. The molecule has 136 valence electrons. The zero-order valence-electron chi connectivity index (χ0n) is 14.7. The smallest absolute Gasteiger partial charge is 0.240 e. The molecule has 1 N–H and O–H groups in total. The van der Waals surface area contributed by atoms with E-state index >= 15 is 0 Å². The van der Waals surface area contributed by atoms with Crippen molar-refractivity contribution < 1.29 is 9.32 Å². The van der Waals surface area contributed by atoms with Gasteiger partial charge in [0.05, 0.1) is 23.8 Å². The second kappa shape index (κ2) is 6.71. The van der Waals surface area contributed by atoms with Crippen LogP contribution in [0.15, 0.2) is 23.1 Å². The first-order valence-corrected chi connectivity index (χ1v) is 8.43. The number of hydrogen-bond acceptors (Lipinski definition) is 8. The molecular formula is C16H20N8O2. The Morgan fingerprint density at radius 1 is 1.27 bits per heavy atom. The van der Waals surface area contributed by atoms with Gasteiger partial charge in [-0.2, -0.15) is 5.10 Å². The summed E-state index contributed by atoms with van der Waals surface area (Å²) in [6.45, 7) is 5.25. The average molecular weight is 356 g/mol. The summed E-state index contributed by atoms with van der Waals surface area (Å²) in [6, 6.07) is 1.70. The first-order valence-electron chi connectivity index (χ1n) is 8.43. The van der Waals surface area contributed by atoms with Crippen molar-refractivity contribution in [1.29, 1.82) is 0 Å². The maximum atomic E-state index is 12.1. The Balaban J connectivity index is 1.35. The highest BCUT2D eigenvalue weighted by atomic mass is 16.5. The van der Waals surface area contributed by atoms with Crippen LogP contribution in [0.3, 0.4) is 0 Å². The van der Waals surface area contributed by atoms with Crippen molar-refractivity contribution in [2.24, 2.45) is 7.05 Å². The molecule has 10 heteroatoms. The number of aromatic nitrogens is 5. The molecule has 4 heterocycles. The van der Waals surface area contributed by atoms with Gasteiger partial charge in [-0.25, -0.2) is 9.97 Å². The van der Waals surface area contributed by atoms with Crippen molar-refractivity contribution in [2.45, 2.75) is 6.92 Å². The molecule has 0 spiro atoms. The van der Waals surface area contributed by atoms with Gasteiger partial charge in [0.1, 0.15) is 12.1 Å². The fourth-order valence-electron chi connectivity index (χ4n) is 3.12. The number of nitrogens with one attached hydrogen (secondary N) is 1. The zero-order chi connectivity index (χ0) is 18.1. The van der Waals surface area contributed by atoms with Crippen LogP contribution in [0, 0.1) is 6.92 Å². The number of aryl methyl sites for hydroxylation is 2. The molecule has 0 saturated carbocycles. The quantitative estimate of drug-likeness (QED) is 0.717. The Kier molecular flexibility index (Phi) is 4.25. The number of carbonyl (C=O) groups excluding carboxylic acids is 1. The van der Waals surface area contributed by atoms with E-state index in [1.54, 1.807) is 23.3 Å². The van der Waals surface area contributed by atoms with E-state index in [-0.39, 0.29) is 5.91 Å². The SMILES string of the molecule is Cc1cc(NC(=O)CN2CCN(c3ncnc4c3cnn4C)CC2)on1. The molecule has 0 aliphatic carbocycles. The molecule has 0 aromatic carbocycles. The molecule has 0 unspecified atom stereocenters. The van der Waals surface area contributed by atoms with Crippen LogP contribution in [0.4, 0.5) is 11.7 Å². The van der Waals surface area contributed by atoms with Gasteiger partial charge >= 0.3 is 0 Å². The lowest BCUT2D eigenvalue weighted by atomic mass is 10.2. The Hall–Kier alpha value is -3.01. The van der Waals surface area contributed by atoms with Gasteiger partial charge in [0.15, 0.2) is 5.65 Å². The molecule has 1 aliphatic rings. The van der Waals surface area contributed by atoms with Gasteiger partial charge in [0.2, 0.25) is 11.8 Å². The van der Waals surface area contributed by atoms with Crippen molar-refractivity contribution >= 4 is 28.6 Å². The third kappa shape index (κ3) is 3.23. The first-order chi connectivity index (χ1) is 12.6. The lowest BCUT2D eigenvalue weighted by Crippen LogP contribution is -2.49. The van der Waals surface area contributed by atoms with E-state index in [1.165, 1.54) is 0 Å². The van der Waals surface area contributed by atoms with Gasteiger partial charge in [0, 0.05) is 39.3 Å². The van der Waals surface area contributed by atoms with Crippen molar-refractivity contribution in [3.63, 3.8) is 0 Å². The van der Waals surface area contributed by atoms with E-state index in [2.05, 4.69) is 35.3 Å². The Morgan fingerprint density at radius 2 is 2.08 bits per heavy atom. The van der Waals surface area contributed by atoms with Gasteiger partial charge in [0.25, 0.3) is 0 Å². The number of carbonyl (C=O) groups is 1. The monoisotopic (exact) mass is 356 g/mol. The van der Waals surface area contributed by atoms with E-state index in [0.717, 1.165) is 48.7 Å². The largest absolute Gasteiger partial charge is 0.353 e. The molecule has 0 radical (unpaired) electrons. The molecule has 1 aliphatic heterocycles. The fourth-order valence-corrected chi connectivity index (χ4v) is 3.12. The number of hydrogen-bond donors (Lipinski definition) is 1. The van der Waals surface area contributed by atoms with Crippen molar-refractivity contribution in [3.8, 4) is 0 Å². The van der Waals surface area contributed by atoms with E-state index in [4.69, 9.17) is 4.52 Å². The lowest BCUT2D eigenvalue weighted by molar-refractivity contribution is -0.117. The summed E-state index contributed by atoms with van der Waals surface area (Å²) in [5.41, 5.74) is 1.56. The summed E-state index contributed by atoms with van der Waals surface area (Å²) in [5, 5.41) is 11.7. The first kappa shape index (κ1) is 16.5. The van der Waals surface area contributed by atoms with Crippen molar-refractivity contribution in [2.75, 3.05) is 42.9 Å². The summed E-state index contributed by atoms with van der Waals surface area (Å²) in [5.74, 6) is 1.17. The Labute approximate surface area is 149 Å². The third-order valence-corrected chi connectivity index (χ3v) is 4.44. The molecule has 3 aromatic rings. The zero-order valence-corrected chi connectivity index (χ0v) is 14.7. The van der Waals surface area contributed by atoms with Crippen LogP contribution in [0.25, 0.3) is 11.0 Å². The van der Waals surface area contributed by atoms with E-state index in [9.17, 15) is 4.79 Å². The lowest BCUT2D eigenvalue weighted by Gasteiger charge is -2.35. The van der Waals surface area contributed by atoms with Gasteiger partial charge in [-0.3, -0.25) is 19.7 Å². The van der Waals surface area contributed by atoms with Crippen LogP contribution in [0.5, 0.6) is 0 Å². The number of fused-ring (bicyclic) bond motifs is 1. The van der Waals surface area contributed by atoms with Crippen LogP contribution in [0.1, 0.15) is 5.69 Å². The van der Waals surface area contributed by atoms with Gasteiger partial charge in [-0.15, -0.1) is 0 Å². The van der Waals surface area contributed by atoms with Crippen LogP contribution in [-0.4, -0.2) is 68.4 Å². The maximum Gasteiger partial charge on any atom is 0.240 e. The molecule has 3 aromatic heterocycles. The fraction of sp³-hybridized carbons (Fsp3) is 0.438. The molecule has 0 atom stereocenters. The summed E-state index contributed by atoms with van der Waals surface area (Å²) in [4.78, 5) is 25.2.